The Morgan fingerprint density at radius 3 is 2.47 bits per heavy atom. The van der Waals surface area contributed by atoms with E-state index in [4.69, 9.17) is 5.26 Å². The van der Waals surface area contributed by atoms with Gasteiger partial charge in [-0.1, -0.05) is 19.8 Å². The Kier molecular flexibility index (Phi) is 5.22. The molecular weight excluding hydrogens is 253 g/mol. The van der Waals surface area contributed by atoms with Crippen LogP contribution in [-0.2, 0) is 6.18 Å². The van der Waals surface area contributed by atoms with Crippen LogP contribution in [0.25, 0.3) is 0 Å². The average Bonchev–Trinajstić information content (AvgIpc) is 2.37. The first-order valence-corrected chi connectivity index (χ1v) is 6.22. The lowest BCUT2D eigenvalue weighted by Gasteiger charge is -2.20. The predicted molar refractivity (Wildman–Crippen MR) is 69.0 cm³/mol. The number of rotatable bonds is 5. The van der Waals surface area contributed by atoms with Gasteiger partial charge in [-0.05, 0) is 24.6 Å². The molecule has 2 nitrogen and oxygen atoms in total. The fourth-order valence-electron chi connectivity index (χ4n) is 1.84. The van der Waals surface area contributed by atoms with E-state index < -0.39 is 11.7 Å². The normalized spacial score (nSPS) is 11.2. The zero-order valence-electron chi connectivity index (χ0n) is 11.1. The first kappa shape index (κ1) is 15.4. The van der Waals surface area contributed by atoms with E-state index in [1.165, 1.54) is 12.1 Å². The number of hydrogen-bond acceptors (Lipinski definition) is 2. The highest BCUT2D eigenvalue weighted by Crippen LogP contribution is 2.33. The van der Waals surface area contributed by atoms with E-state index >= 15 is 0 Å². The number of hydrogen-bond donors (Lipinski definition) is 0. The fourth-order valence-corrected chi connectivity index (χ4v) is 1.84. The van der Waals surface area contributed by atoms with Gasteiger partial charge in [0.1, 0.15) is 0 Å². The minimum atomic E-state index is -4.48. The Labute approximate surface area is 111 Å². The minimum absolute atomic E-state index is 0.327. The van der Waals surface area contributed by atoms with Gasteiger partial charge in [0.05, 0.1) is 17.2 Å². The van der Waals surface area contributed by atoms with Gasteiger partial charge in [-0.15, -0.1) is 0 Å². The highest BCUT2D eigenvalue weighted by Gasteiger charge is 2.33. The quantitative estimate of drug-likeness (QED) is 0.750. The van der Waals surface area contributed by atoms with Gasteiger partial charge >= 0.3 is 6.18 Å². The van der Waals surface area contributed by atoms with Gasteiger partial charge in [-0.2, -0.15) is 18.4 Å². The molecule has 0 heterocycles. The highest BCUT2D eigenvalue weighted by atomic mass is 19.4. The molecule has 0 aliphatic carbocycles. The van der Waals surface area contributed by atoms with Crippen molar-refractivity contribution >= 4 is 5.69 Å². The molecule has 0 radical (unpaired) electrons. The van der Waals surface area contributed by atoms with Crippen molar-refractivity contribution in [3.8, 4) is 6.07 Å². The van der Waals surface area contributed by atoms with E-state index in [9.17, 15) is 13.2 Å². The summed E-state index contributed by atoms with van der Waals surface area (Å²) in [4.78, 5) is 1.87. The van der Waals surface area contributed by atoms with Crippen LogP contribution in [0.2, 0.25) is 0 Å². The number of anilines is 1. The first-order chi connectivity index (χ1) is 8.90. The van der Waals surface area contributed by atoms with Crippen molar-refractivity contribution in [1.82, 2.24) is 0 Å². The van der Waals surface area contributed by atoms with Crippen LogP contribution in [0.5, 0.6) is 0 Å². The Morgan fingerprint density at radius 1 is 1.26 bits per heavy atom. The summed E-state index contributed by atoms with van der Waals surface area (Å²) in [7, 11) is 1.82. The zero-order valence-corrected chi connectivity index (χ0v) is 11.1. The van der Waals surface area contributed by atoms with Crippen LogP contribution in [0.1, 0.15) is 37.3 Å². The molecule has 5 heteroatoms. The van der Waals surface area contributed by atoms with Gasteiger partial charge in [0.2, 0.25) is 0 Å². The van der Waals surface area contributed by atoms with Crippen molar-refractivity contribution in [2.24, 2.45) is 0 Å². The summed E-state index contributed by atoms with van der Waals surface area (Å²) in [6.07, 6.45) is -1.33. The molecule has 0 atom stereocenters. The lowest BCUT2D eigenvalue weighted by molar-refractivity contribution is -0.137. The van der Waals surface area contributed by atoms with Gasteiger partial charge in [-0.3, -0.25) is 0 Å². The molecule has 0 bridgehead atoms. The molecule has 0 saturated carbocycles. The molecule has 0 spiro atoms. The molecule has 1 aromatic carbocycles. The predicted octanol–water partition coefficient (Wildman–Crippen LogP) is 4.20. The number of halogens is 3. The molecule has 104 valence electrons. The molecule has 1 rings (SSSR count). The third kappa shape index (κ3) is 4.16. The van der Waals surface area contributed by atoms with Crippen molar-refractivity contribution in [1.29, 1.82) is 5.26 Å². The number of nitrogens with zero attached hydrogens (tertiary/aromatic N) is 2. The molecule has 0 unspecified atom stereocenters. The standard InChI is InChI=1S/C14H17F3N2/c1-3-4-5-8-19(2)12-6-7-13(14(15,16)17)11(9-12)10-18/h6-7,9H,3-5,8H2,1-2H3. The van der Waals surface area contributed by atoms with Crippen molar-refractivity contribution in [3.63, 3.8) is 0 Å². The summed E-state index contributed by atoms with van der Waals surface area (Å²) in [5, 5.41) is 8.83. The maximum absolute atomic E-state index is 12.7. The topological polar surface area (TPSA) is 27.0 Å². The second kappa shape index (κ2) is 6.46. The minimum Gasteiger partial charge on any atom is -0.375 e. The van der Waals surface area contributed by atoms with Crippen molar-refractivity contribution in [2.75, 3.05) is 18.5 Å². The number of unbranched alkanes of at least 4 members (excludes halogenated alkanes) is 2. The molecule has 0 aromatic heterocycles. The van der Waals surface area contributed by atoms with Gasteiger partial charge in [-0.25, -0.2) is 0 Å². The lowest BCUT2D eigenvalue weighted by Crippen LogP contribution is -2.19. The summed E-state index contributed by atoms with van der Waals surface area (Å²) < 4.78 is 38.0. The third-order valence-electron chi connectivity index (χ3n) is 2.97. The van der Waals surface area contributed by atoms with Crippen LogP contribution in [0.4, 0.5) is 18.9 Å². The fraction of sp³-hybridized carbons (Fsp3) is 0.500. The molecular formula is C14H17F3N2. The van der Waals surface area contributed by atoms with Crippen molar-refractivity contribution in [3.05, 3.63) is 29.3 Å². The van der Waals surface area contributed by atoms with Crippen molar-refractivity contribution < 1.29 is 13.2 Å². The maximum Gasteiger partial charge on any atom is 0.417 e. The monoisotopic (exact) mass is 270 g/mol. The van der Waals surface area contributed by atoms with Crippen LogP contribution >= 0.6 is 0 Å². The average molecular weight is 270 g/mol. The molecule has 1 aromatic rings. The summed E-state index contributed by atoms with van der Waals surface area (Å²) >= 11 is 0. The lowest BCUT2D eigenvalue weighted by atomic mass is 10.1. The number of benzene rings is 1. The maximum atomic E-state index is 12.7. The van der Waals surface area contributed by atoms with E-state index in [0.717, 1.165) is 31.9 Å². The Bertz CT molecular complexity index is 461. The van der Waals surface area contributed by atoms with Crippen LogP contribution < -0.4 is 4.90 Å². The SMILES string of the molecule is CCCCCN(C)c1ccc(C(F)(F)F)c(C#N)c1. The van der Waals surface area contributed by atoms with E-state index in [-0.39, 0.29) is 5.56 Å². The highest BCUT2D eigenvalue weighted by molar-refractivity contribution is 5.54. The van der Waals surface area contributed by atoms with Gasteiger partial charge in [0.25, 0.3) is 0 Å². The smallest absolute Gasteiger partial charge is 0.375 e. The van der Waals surface area contributed by atoms with E-state index in [2.05, 4.69) is 6.92 Å². The largest absolute Gasteiger partial charge is 0.417 e. The number of nitriles is 1. The summed E-state index contributed by atoms with van der Waals surface area (Å²) in [5.41, 5.74) is -0.561. The van der Waals surface area contributed by atoms with E-state index in [1.807, 2.05) is 11.9 Å². The zero-order chi connectivity index (χ0) is 14.5. The molecule has 0 N–H and O–H groups in total. The van der Waals surface area contributed by atoms with Crippen LogP contribution in [-0.4, -0.2) is 13.6 Å². The summed E-state index contributed by atoms with van der Waals surface area (Å²) in [5.74, 6) is 0. The van der Waals surface area contributed by atoms with E-state index in [1.54, 1.807) is 6.07 Å². The Balaban J connectivity index is 2.92. The Morgan fingerprint density at radius 2 is 1.95 bits per heavy atom. The first-order valence-electron chi connectivity index (χ1n) is 6.22. The molecule has 19 heavy (non-hydrogen) atoms. The summed E-state index contributed by atoms with van der Waals surface area (Å²) in [6, 6.07) is 5.31. The molecule has 0 aliphatic heterocycles. The van der Waals surface area contributed by atoms with Gasteiger partial charge in [0, 0.05) is 19.3 Å². The Hall–Kier alpha value is -1.70. The van der Waals surface area contributed by atoms with Crippen LogP contribution in [0.3, 0.4) is 0 Å². The third-order valence-corrected chi connectivity index (χ3v) is 2.97. The molecule has 0 saturated heterocycles. The number of alkyl halides is 3. The van der Waals surface area contributed by atoms with Gasteiger partial charge in [0.15, 0.2) is 0 Å². The van der Waals surface area contributed by atoms with Crippen molar-refractivity contribution in [2.45, 2.75) is 32.4 Å². The van der Waals surface area contributed by atoms with E-state index in [0.29, 0.717) is 5.69 Å². The molecule has 0 aliphatic rings. The van der Waals surface area contributed by atoms with Crippen LogP contribution in [0.15, 0.2) is 18.2 Å². The second-order valence-corrected chi connectivity index (χ2v) is 4.47. The molecule has 0 fully saturated rings. The second-order valence-electron chi connectivity index (χ2n) is 4.47. The summed E-state index contributed by atoms with van der Waals surface area (Å²) in [6.45, 7) is 2.86. The molecule has 0 amide bonds. The van der Waals surface area contributed by atoms with Crippen LogP contribution in [0, 0.1) is 11.3 Å². The van der Waals surface area contributed by atoms with Gasteiger partial charge < -0.3 is 4.90 Å².